The van der Waals surface area contributed by atoms with Gasteiger partial charge in [0.25, 0.3) is 5.56 Å². The quantitative estimate of drug-likeness (QED) is 0.644. The molecule has 0 amide bonds. The SMILES string of the molecule is Cc1cc(Br)c2nc(-c3ccc(O)c(C(F)(F)F)c3)n(C)c(=O)c2c1. The van der Waals surface area contributed by atoms with Crippen molar-refractivity contribution in [1.82, 2.24) is 9.55 Å². The third kappa shape index (κ3) is 3.02. The molecule has 0 aliphatic rings. The number of fused-ring (bicyclic) bond motifs is 1. The summed E-state index contributed by atoms with van der Waals surface area (Å²) in [4.78, 5) is 17.0. The lowest BCUT2D eigenvalue weighted by Crippen LogP contribution is -2.20. The second-order valence-corrected chi connectivity index (χ2v) is 6.53. The minimum absolute atomic E-state index is 0.0764. The van der Waals surface area contributed by atoms with Crippen molar-refractivity contribution in [3.8, 4) is 17.1 Å². The maximum Gasteiger partial charge on any atom is 0.419 e. The molecule has 25 heavy (non-hydrogen) atoms. The van der Waals surface area contributed by atoms with Gasteiger partial charge in [-0.2, -0.15) is 13.2 Å². The molecule has 0 unspecified atom stereocenters. The largest absolute Gasteiger partial charge is 0.507 e. The number of hydrogen-bond donors (Lipinski definition) is 1. The van der Waals surface area contributed by atoms with E-state index >= 15 is 0 Å². The molecule has 3 rings (SSSR count). The zero-order valence-corrected chi connectivity index (χ0v) is 14.7. The van der Waals surface area contributed by atoms with Crippen LogP contribution in [0.15, 0.2) is 39.6 Å². The number of alkyl halides is 3. The van der Waals surface area contributed by atoms with Gasteiger partial charge in [-0.15, -0.1) is 0 Å². The predicted molar refractivity (Wildman–Crippen MR) is 91.5 cm³/mol. The second kappa shape index (κ2) is 5.87. The van der Waals surface area contributed by atoms with Gasteiger partial charge >= 0.3 is 6.18 Å². The topological polar surface area (TPSA) is 55.1 Å². The zero-order chi connectivity index (χ0) is 18.5. The molecule has 0 bridgehead atoms. The lowest BCUT2D eigenvalue weighted by molar-refractivity contribution is -0.138. The van der Waals surface area contributed by atoms with Crippen LogP contribution < -0.4 is 5.56 Å². The second-order valence-electron chi connectivity index (χ2n) is 5.67. The number of benzene rings is 2. The van der Waals surface area contributed by atoms with Crippen molar-refractivity contribution in [2.75, 3.05) is 0 Å². The smallest absolute Gasteiger partial charge is 0.419 e. The maximum atomic E-state index is 13.0. The van der Waals surface area contributed by atoms with Gasteiger partial charge in [0.1, 0.15) is 11.6 Å². The zero-order valence-electron chi connectivity index (χ0n) is 13.1. The average molecular weight is 413 g/mol. The number of rotatable bonds is 1. The summed E-state index contributed by atoms with van der Waals surface area (Å²) in [7, 11) is 1.44. The Hall–Kier alpha value is -2.35. The Bertz CT molecular complexity index is 1060. The standard InChI is InChI=1S/C17H12BrF3N2O2/c1-8-5-10-14(12(18)6-8)22-15(23(2)16(10)25)9-3-4-13(24)11(7-9)17(19,20)21/h3-7,24H,1-2H3. The normalized spacial score (nSPS) is 11.9. The van der Waals surface area contributed by atoms with Gasteiger partial charge in [-0.25, -0.2) is 4.98 Å². The Morgan fingerprint density at radius 3 is 2.52 bits per heavy atom. The van der Waals surface area contributed by atoms with Gasteiger partial charge in [-0.3, -0.25) is 9.36 Å². The molecule has 0 atom stereocenters. The number of aromatic nitrogens is 2. The highest BCUT2D eigenvalue weighted by Gasteiger charge is 2.34. The summed E-state index contributed by atoms with van der Waals surface area (Å²) in [5, 5.41) is 9.84. The van der Waals surface area contributed by atoms with Crippen LogP contribution in [0, 0.1) is 6.92 Å². The highest BCUT2D eigenvalue weighted by Crippen LogP contribution is 2.38. The van der Waals surface area contributed by atoms with Crippen LogP contribution in [0.3, 0.4) is 0 Å². The van der Waals surface area contributed by atoms with E-state index in [4.69, 9.17) is 0 Å². The van der Waals surface area contributed by atoms with E-state index in [0.29, 0.717) is 15.4 Å². The van der Waals surface area contributed by atoms with Gasteiger partial charge < -0.3 is 5.11 Å². The molecule has 0 saturated carbocycles. The Balaban J connectivity index is 2.34. The fourth-order valence-corrected chi connectivity index (χ4v) is 3.29. The van der Waals surface area contributed by atoms with Crippen molar-refractivity contribution >= 4 is 26.8 Å². The molecule has 4 nitrogen and oxygen atoms in total. The van der Waals surface area contributed by atoms with Crippen molar-refractivity contribution in [3.05, 3.63) is 56.3 Å². The van der Waals surface area contributed by atoms with E-state index in [0.717, 1.165) is 17.7 Å². The molecule has 1 N–H and O–H groups in total. The Morgan fingerprint density at radius 2 is 1.88 bits per heavy atom. The minimum Gasteiger partial charge on any atom is -0.507 e. The van der Waals surface area contributed by atoms with Crippen LogP contribution in [0.25, 0.3) is 22.3 Å². The maximum absolute atomic E-state index is 13.0. The number of halogens is 4. The monoisotopic (exact) mass is 412 g/mol. The molecule has 2 aromatic carbocycles. The van der Waals surface area contributed by atoms with E-state index in [1.807, 2.05) is 6.92 Å². The summed E-state index contributed by atoms with van der Waals surface area (Å²) < 4.78 is 40.9. The number of aromatic hydroxyl groups is 1. The number of phenols is 1. The van der Waals surface area contributed by atoms with Gasteiger partial charge in [-0.05, 0) is 58.7 Å². The van der Waals surface area contributed by atoms with Crippen molar-refractivity contribution in [3.63, 3.8) is 0 Å². The van der Waals surface area contributed by atoms with E-state index in [1.165, 1.54) is 17.7 Å². The van der Waals surface area contributed by atoms with E-state index < -0.39 is 17.5 Å². The third-order valence-electron chi connectivity index (χ3n) is 3.84. The number of hydrogen-bond acceptors (Lipinski definition) is 3. The van der Waals surface area contributed by atoms with Gasteiger partial charge in [0.05, 0.1) is 16.5 Å². The highest BCUT2D eigenvalue weighted by molar-refractivity contribution is 9.10. The van der Waals surface area contributed by atoms with Crippen LogP contribution in [0.4, 0.5) is 13.2 Å². The molecule has 130 valence electrons. The summed E-state index contributed by atoms with van der Waals surface area (Å²) in [5.74, 6) is -0.800. The lowest BCUT2D eigenvalue weighted by Gasteiger charge is -2.14. The van der Waals surface area contributed by atoms with Crippen molar-refractivity contribution in [2.24, 2.45) is 7.05 Å². The number of aryl methyl sites for hydroxylation is 1. The summed E-state index contributed by atoms with van der Waals surface area (Å²) >= 11 is 3.34. The summed E-state index contributed by atoms with van der Waals surface area (Å²) in [6, 6.07) is 6.47. The molecule has 8 heteroatoms. The first kappa shape index (κ1) is 17.5. The van der Waals surface area contributed by atoms with Gasteiger partial charge in [0, 0.05) is 17.1 Å². The van der Waals surface area contributed by atoms with Crippen LogP contribution in [0.2, 0.25) is 0 Å². The van der Waals surface area contributed by atoms with E-state index in [1.54, 1.807) is 12.1 Å². The summed E-state index contributed by atoms with van der Waals surface area (Å²) in [6.07, 6.45) is -4.71. The van der Waals surface area contributed by atoms with Gasteiger partial charge in [-0.1, -0.05) is 0 Å². The highest BCUT2D eigenvalue weighted by atomic mass is 79.9. The first-order valence-electron chi connectivity index (χ1n) is 7.17. The lowest BCUT2D eigenvalue weighted by atomic mass is 10.1. The van der Waals surface area contributed by atoms with Crippen LogP contribution in [-0.2, 0) is 13.2 Å². The third-order valence-corrected chi connectivity index (χ3v) is 4.44. The van der Waals surface area contributed by atoms with E-state index in [9.17, 15) is 23.1 Å². The van der Waals surface area contributed by atoms with E-state index in [2.05, 4.69) is 20.9 Å². The van der Waals surface area contributed by atoms with E-state index in [-0.39, 0.29) is 16.9 Å². The van der Waals surface area contributed by atoms with Crippen molar-refractivity contribution in [1.29, 1.82) is 0 Å². The minimum atomic E-state index is -4.71. The fraction of sp³-hybridized carbons (Fsp3) is 0.176. The number of phenolic OH excluding ortho intramolecular Hbond substituents is 1. The Labute approximate surface area is 148 Å². The molecule has 1 aromatic heterocycles. The predicted octanol–water partition coefficient (Wildman–Crippen LogP) is 4.40. The molecular formula is C17H12BrF3N2O2. The Morgan fingerprint density at radius 1 is 1.20 bits per heavy atom. The van der Waals surface area contributed by atoms with Crippen LogP contribution in [0.1, 0.15) is 11.1 Å². The molecule has 0 radical (unpaired) electrons. The van der Waals surface area contributed by atoms with Crippen LogP contribution in [0.5, 0.6) is 5.75 Å². The van der Waals surface area contributed by atoms with Gasteiger partial charge in [0.15, 0.2) is 0 Å². The van der Waals surface area contributed by atoms with Gasteiger partial charge in [0.2, 0.25) is 0 Å². The number of nitrogens with zero attached hydrogens (tertiary/aromatic N) is 2. The first-order chi connectivity index (χ1) is 11.6. The van der Waals surface area contributed by atoms with Crippen LogP contribution >= 0.6 is 15.9 Å². The molecule has 0 spiro atoms. The Kier molecular flexibility index (Phi) is 4.10. The first-order valence-corrected chi connectivity index (χ1v) is 7.96. The fourth-order valence-electron chi connectivity index (χ4n) is 2.63. The van der Waals surface area contributed by atoms with Crippen molar-refractivity contribution in [2.45, 2.75) is 13.1 Å². The molecule has 0 aliphatic heterocycles. The molecular weight excluding hydrogens is 401 g/mol. The van der Waals surface area contributed by atoms with Crippen LogP contribution in [-0.4, -0.2) is 14.7 Å². The molecule has 0 fully saturated rings. The molecule has 0 saturated heterocycles. The molecule has 1 heterocycles. The molecule has 3 aromatic rings. The summed E-state index contributed by atoms with van der Waals surface area (Å²) in [6.45, 7) is 1.83. The average Bonchev–Trinajstić information content (AvgIpc) is 2.51. The van der Waals surface area contributed by atoms with Crippen molar-refractivity contribution < 1.29 is 18.3 Å². The summed E-state index contributed by atoms with van der Waals surface area (Å²) in [5.41, 5.74) is -0.243. The molecule has 0 aliphatic carbocycles.